The average Bonchev–Trinajstić information content (AvgIpc) is 2.62. The van der Waals surface area contributed by atoms with Gasteiger partial charge >= 0.3 is 0 Å². The Kier molecular flexibility index (Phi) is 5.19. The molecule has 0 atom stereocenters. The van der Waals surface area contributed by atoms with Gasteiger partial charge in [0.25, 0.3) is 11.5 Å². The van der Waals surface area contributed by atoms with Crippen molar-refractivity contribution >= 4 is 28.6 Å². The molecule has 0 spiro atoms. The van der Waals surface area contributed by atoms with Crippen LogP contribution in [-0.2, 0) is 12.3 Å². The van der Waals surface area contributed by atoms with Gasteiger partial charge in [0.15, 0.2) is 0 Å². The van der Waals surface area contributed by atoms with Gasteiger partial charge in [0.05, 0.1) is 17.4 Å². The maximum Gasteiger partial charge on any atom is 0.258 e. The lowest BCUT2D eigenvalue weighted by Gasteiger charge is -2.17. The predicted octanol–water partition coefficient (Wildman–Crippen LogP) is 3.06. The van der Waals surface area contributed by atoms with Gasteiger partial charge in [-0.15, -0.1) is 0 Å². The molecule has 0 saturated heterocycles. The molecule has 1 N–H and O–H groups in total. The Morgan fingerprint density at radius 3 is 2.60 bits per heavy atom. The van der Waals surface area contributed by atoms with Gasteiger partial charge < -0.3 is 9.88 Å². The number of nitrogens with one attached hydrogen (secondary N) is 1. The number of benzene rings is 2. The van der Waals surface area contributed by atoms with Crippen LogP contribution in [0.25, 0.3) is 10.9 Å². The van der Waals surface area contributed by atoms with Crippen molar-refractivity contribution in [2.24, 2.45) is 0 Å². The minimum Gasteiger partial charge on any atom is -0.334 e. The second kappa shape index (κ2) is 7.53. The van der Waals surface area contributed by atoms with Crippen LogP contribution in [0, 0.1) is 0 Å². The highest BCUT2D eigenvalue weighted by atomic mass is 32.2. The van der Waals surface area contributed by atoms with Crippen LogP contribution >= 0.6 is 11.8 Å². The molecule has 3 rings (SSSR count). The summed E-state index contributed by atoms with van der Waals surface area (Å²) in [6.45, 7) is 0.242. The average molecular weight is 353 g/mol. The largest absolute Gasteiger partial charge is 0.334 e. The third-order valence-corrected chi connectivity index (χ3v) is 4.53. The van der Waals surface area contributed by atoms with Gasteiger partial charge in [0, 0.05) is 18.4 Å². The summed E-state index contributed by atoms with van der Waals surface area (Å²) in [4.78, 5) is 33.4. The molecule has 25 heavy (non-hydrogen) atoms. The van der Waals surface area contributed by atoms with Gasteiger partial charge in [-0.05, 0) is 36.1 Å². The third kappa shape index (κ3) is 3.91. The van der Waals surface area contributed by atoms with Crippen molar-refractivity contribution in [3.8, 4) is 0 Å². The van der Waals surface area contributed by atoms with Gasteiger partial charge in [-0.2, -0.15) is 11.8 Å². The Labute approximate surface area is 150 Å². The Morgan fingerprint density at radius 2 is 1.88 bits per heavy atom. The van der Waals surface area contributed by atoms with Crippen LogP contribution in [0.4, 0.5) is 0 Å². The van der Waals surface area contributed by atoms with Gasteiger partial charge in [-0.3, -0.25) is 9.59 Å². The Morgan fingerprint density at radius 1 is 1.16 bits per heavy atom. The maximum absolute atomic E-state index is 12.6. The minimum atomic E-state index is -0.192. The molecule has 5 nitrogen and oxygen atoms in total. The Bertz CT molecular complexity index is 951. The number of hydrogen-bond donors (Lipinski definition) is 1. The molecule has 0 bridgehead atoms. The van der Waals surface area contributed by atoms with Crippen molar-refractivity contribution in [3.63, 3.8) is 0 Å². The first-order valence-corrected chi connectivity index (χ1v) is 9.29. The SMILES string of the molecule is CSCc1ccc(C(=O)N(C)Cc2nc3ccccc3c(=O)[nH]2)cc1. The number of hydrogen-bond acceptors (Lipinski definition) is 4. The molecule has 0 radical (unpaired) electrons. The van der Waals surface area contributed by atoms with Crippen molar-refractivity contribution in [2.75, 3.05) is 13.3 Å². The zero-order valence-corrected chi connectivity index (χ0v) is 15.0. The van der Waals surface area contributed by atoms with Crippen LogP contribution in [0.1, 0.15) is 21.7 Å². The topological polar surface area (TPSA) is 66.1 Å². The number of thioether (sulfide) groups is 1. The number of amides is 1. The van der Waals surface area contributed by atoms with Gasteiger partial charge in [-0.1, -0.05) is 24.3 Å². The van der Waals surface area contributed by atoms with E-state index in [-0.39, 0.29) is 18.0 Å². The zero-order valence-electron chi connectivity index (χ0n) is 14.2. The van der Waals surface area contributed by atoms with Crippen LogP contribution in [0.2, 0.25) is 0 Å². The first kappa shape index (κ1) is 17.2. The van der Waals surface area contributed by atoms with E-state index in [0.717, 1.165) is 5.75 Å². The number of rotatable bonds is 5. The van der Waals surface area contributed by atoms with Crippen molar-refractivity contribution < 1.29 is 4.79 Å². The number of carbonyl (C=O) groups excluding carboxylic acids is 1. The van der Waals surface area contributed by atoms with E-state index in [1.165, 1.54) is 5.56 Å². The lowest BCUT2D eigenvalue weighted by atomic mass is 10.1. The Balaban J connectivity index is 1.78. The van der Waals surface area contributed by atoms with Gasteiger partial charge in [0.1, 0.15) is 5.82 Å². The van der Waals surface area contributed by atoms with Crippen molar-refractivity contribution in [3.05, 3.63) is 75.8 Å². The lowest BCUT2D eigenvalue weighted by Crippen LogP contribution is -2.28. The smallest absolute Gasteiger partial charge is 0.258 e. The van der Waals surface area contributed by atoms with E-state index in [0.29, 0.717) is 22.3 Å². The highest BCUT2D eigenvalue weighted by molar-refractivity contribution is 7.97. The standard InChI is InChI=1S/C19H19N3O2S/c1-22(19(24)14-9-7-13(8-10-14)12-25-2)11-17-20-16-6-4-3-5-15(16)18(23)21-17/h3-10H,11-12H2,1-2H3,(H,20,21,23). The summed E-state index contributed by atoms with van der Waals surface area (Å²) in [5.74, 6) is 1.29. The van der Waals surface area contributed by atoms with Crippen molar-refractivity contribution in [2.45, 2.75) is 12.3 Å². The first-order chi connectivity index (χ1) is 12.1. The molecular weight excluding hydrogens is 334 g/mol. The number of aromatic nitrogens is 2. The number of nitrogens with zero attached hydrogens (tertiary/aromatic N) is 2. The molecule has 1 aromatic heterocycles. The van der Waals surface area contributed by atoms with E-state index in [1.807, 2.05) is 36.6 Å². The number of H-pyrrole nitrogens is 1. The van der Waals surface area contributed by atoms with Gasteiger partial charge in [0.2, 0.25) is 0 Å². The van der Waals surface area contributed by atoms with Crippen LogP contribution in [-0.4, -0.2) is 34.1 Å². The summed E-state index contributed by atoms with van der Waals surface area (Å²) in [5, 5.41) is 0.546. The highest BCUT2D eigenvalue weighted by Gasteiger charge is 2.14. The second-order valence-corrected chi connectivity index (χ2v) is 6.69. The monoisotopic (exact) mass is 353 g/mol. The maximum atomic E-state index is 12.6. The fourth-order valence-corrected chi connectivity index (χ4v) is 3.16. The van der Waals surface area contributed by atoms with Crippen molar-refractivity contribution in [1.82, 2.24) is 14.9 Å². The predicted molar refractivity (Wildman–Crippen MR) is 102 cm³/mol. The summed E-state index contributed by atoms with van der Waals surface area (Å²) >= 11 is 1.74. The molecule has 0 aliphatic rings. The van der Waals surface area contributed by atoms with Crippen LogP contribution in [0.5, 0.6) is 0 Å². The highest BCUT2D eigenvalue weighted by Crippen LogP contribution is 2.13. The molecule has 1 amide bonds. The summed E-state index contributed by atoms with van der Waals surface area (Å²) in [5.41, 5.74) is 2.24. The fourth-order valence-electron chi connectivity index (χ4n) is 2.64. The van der Waals surface area contributed by atoms with Crippen molar-refractivity contribution in [1.29, 1.82) is 0 Å². The quantitative estimate of drug-likeness (QED) is 0.766. The fraction of sp³-hybridized carbons (Fsp3) is 0.211. The molecule has 0 fully saturated rings. The molecule has 0 unspecified atom stereocenters. The molecular formula is C19H19N3O2S. The Hall–Kier alpha value is -2.60. The van der Waals surface area contributed by atoms with Gasteiger partial charge in [-0.25, -0.2) is 4.98 Å². The van der Waals surface area contributed by atoms with E-state index in [1.54, 1.807) is 41.9 Å². The lowest BCUT2D eigenvalue weighted by molar-refractivity contribution is 0.0781. The molecule has 0 aliphatic carbocycles. The third-order valence-electron chi connectivity index (χ3n) is 3.91. The molecule has 1 heterocycles. The minimum absolute atomic E-state index is 0.105. The number of carbonyl (C=O) groups is 1. The first-order valence-electron chi connectivity index (χ1n) is 7.90. The van der Waals surface area contributed by atoms with Crippen LogP contribution in [0.3, 0.4) is 0 Å². The summed E-state index contributed by atoms with van der Waals surface area (Å²) < 4.78 is 0. The molecule has 128 valence electrons. The molecule has 6 heteroatoms. The number of para-hydroxylation sites is 1. The second-order valence-electron chi connectivity index (χ2n) is 5.82. The van der Waals surface area contributed by atoms with Crippen LogP contribution in [0.15, 0.2) is 53.3 Å². The summed E-state index contributed by atoms with van der Waals surface area (Å²) in [6, 6.07) is 14.8. The molecule has 0 saturated carbocycles. The zero-order chi connectivity index (χ0) is 17.8. The summed E-state index contributed by atoms with van der Waals surface area (Å²) in [7, 11) is 1.70. The van der Waals surface area contributed by atoms with E-state index in [4.69, 9.17) is 0 Å². The molecule has 2 aromatic carbocycles. The van der Waals surface area contributed by atoms with Crippen LogP contribution < -0.4 is 5.56 Å². The normalized spacial score (nSPS) is 10.8. The molecule has 3 aromatic rings. The van der Waals surface area contributed by atoms with E-state index in [2.05, 4.69) is 9.97 Å². The number of fused-ring (bicyclic) bond motifs is 1. The molecule has 0 aliphatic heterocycles. The number of aromatic amines is 1. The van der Waals surface area contributed by atoms with E-state index in [9.17, 15) is 9.59 Å². The van der Waals surface area contributed by atoms with E-state index < -0.39 is 0 Å². The van der Waals surface area contributed by atoms with E-state index >= 15 is 0 Å². The summed E-state index contributed by atoms with van der Waals surface area (Å²) in [6.07, 6.45) is 2.05.